The Hall–Kier alpha value is -2.00. The molecule has 0 aliphatic carbocycles. The summed E-state index contributed by atoms with van der Waals surface area (Å²) in [7, 11) is 0. The molecule has 6 nitrogen and oxygen atoms in total. The predicted molar refractivity (Wildman–Crippen MR) is 105 cm³/mol. The summed E-state index contributed by atoms with van der Waals surface area (Å²) in [5.74, 6) is 0.769. The lowest BCUT2D eigenvalue weighted by molar-refractivity contribution is -0.132. The summed E-state index contributed by atoms with van der Waals surface area (Å²) >= 11 is 3.03. The van der Waals surface area contributed by atoms with E-state index >= 15 is 0 Å². The van der Waals surface area contributed by atoms with E-state index in [1.165, 1.54) is 11.8 Å². The molecule has 4 heterocycles. The first-order valence-electron chi connectivity index (χ1n) is 9.01. The summed E-state index contributed by atoms with van der Waals surface area (Å²) in [4.78, 5) is 15.6. The summed E-state index contributed by atoms with van der Waals surface area (Å²) in [6.45, 7) is 2.99. The first kappa shape index (κ1) is 18.4. The number of likely N-dealkylation sites (tertiary alicyclic amines) is 1. The van der Waals surface area contributed by atoms with Crippen LogP contribution in [0.4, 0.5) is 4.39 Å². The van der Waals surface area contributed by atoms with Gasteiger partial charge in [0.25, 0.3) is 0 Å². The maximum absolute atomic E-state index is 13.4. The smallest absolute Gasteiger partial charge is 0.236 e. The Balaban J connectivity index is 1.54. The van der Waals surface area contributed by atoms with Crippen molar-refractivity contribution < 1.29 is 9.18 Å². The second-order valence-corrected chi connectivity index (χ2v) is 8.63. The summed E-state index contributed by atoms with van der Waals surface area (Å²) in [5, 5.41) is 15.6. The summed E-state index contributed by atoms with van der Waals surface area (Å²) < 4.78 is 15.1. The Bertz CT molecular complexity index is 921. The number of amides is 1. The fraction of sp³-hybridized carbons (Fsp3) is 0.444. The fourth-order valence-electron chi connectivity index (χ4n) is 3.12. The number of rotatable bonds is 5. The molecule has 142 valence electrons. The first-order valence-corrected chi connectivity index (χ1v) is 10.8. The fourth-order valence-corrected chi connectivity index (χ4v) is 4.80. The maximum atomic E-state index is 13.4. The Morgan fingerprint density at radius 2 is 2.15 bits per heavy atom. The minimum atomic E-state index is -0.782. The van der Waals surface area contributed by atoms with Gasteiger partial charge in [-0.15, -0.1) is 21.5 Å². The highest BCUT2D eigenvalue weighted by Gasteiger charge is 2.28. The second kappa shape index (κ2) is 7.93. The molecule has 4 rings (SSSR count). The Morgan fingerprint density at radius 1 is 1.33 bits per heavy atom. The van der Waals surface area contributed by atoms with E-state index in [0.29, 0.717) is 43.8 Å². The van der Waals surface area contributed by atoms with Gasteiger partial charge in [0.1, 0.15) is 11.2 Å². The number of alkyl halides is 1. The van der Waals surface area contributed by atoms with Gasteiger partial charge in [0, 0.05) is 13.1 Å². The lowest BCUT2D eigenvalue weighted by Crippen LogP contribution is -2.43. The zero-order chi connectivity index (χ0) is 18.8. The Kier molecular flexibility index (Phi) is 5.40. The SMILES string of the molecule is CCC(Sc1ccc2nnc(-c3cccs3)n2n1)C(=O)N1CCC(F)CC1. The van der Waals surface area contributed by atoms with Crippen LogP contribution in [0.5, 0.6) is 0 Å². The summed E-state index contributed by atoms with van der Waals surface area (Å²) in [5.41, 5.74) is 0.673. The maximum Gasteiger partial charge on any atom is 0.236 e. The molecule has 0 bridgehead atoms. The number of fused-ring (bicyclic) bond motifs is 1. The minimum Gasteiger partial charge on any atom is -0.342 e. The van der Waals surface area contributed by atoms with Crippen molar-refractivity contribution in [2.45, 2.75) is 42.6 Å². The average Bonchev–Trinajstić information content (AvgIpc) is 3.35. The highest BCUT2D eigenvalue weighted by Crippen LogP contribution is 2.28. The number of thioether (sulfide) groups is 1. The third-order valence-electron chi connectivity index (χ3n) is 4.63. The molecule has 0 aromatic carbocycles. The molecule has 1 atom stereocenters. The van der Waals surface area contributed by atoms with Gasteiger partial charge in [0.2, 0.25) is 5.91 Å². The standard InChI is InChI=1S/C18H20FN5OS2/c1-2-13(18(25)23-9-7-12(19)8-10-23)27-16-6-5-15-20-21-17(24(15)22-16)14-4-3-11-26-14/h3-6,11-13H,2,7-10H2,1H3. The van der Waals surface area contributed by atoms with E-state index in [1.54, 1.807) is 20.8 Å². The van der Waals surface area contributed by atoms with E-state index in [-0.39, 0.29) is 11.2 Å². The van der Waals surface area contributed by atoms with Gasteiger partial charge in [0.05, 0.1) is 10.1 Å². The van der Waals surface area contributed by atoms with Gasteiger partial charge in [-0.2, -0.15) is 9.61 Å². The molecule has 1 fully saturated rings. The van der Waals surface area contributed by atoms with Crippen molar-refractivity contribution in [3.63, 3.8) is 0 Å². The Morgan fingerprint density at radius 3 is 2.85 bits per heavy atom. The van der Waals surface area contributed by atoms with Crippen LogP contribution in [0.3, 0.4) is 0 Å². The monoisotopic (exact) mass is 405 g/mol. The van der Waals surface area contributed by atoms with Gasteiger partial charge in [-0.1, -0.05) is 24.8 Å². The van der Waals surface area contributed by atoms with E-state index in [2.05, 4.69) is 15.3 Å². The van der Waals surface area contributed by atoms with Crippen molar-refractivity contribution in [2.24, 2.45) is 0 Å². The van der Waals surface area contributed by atoms with Crippen LogP contribution in [0.1, 0.15) is 26.2 Å². The van der Waals surface area contributed by atoms with Crippen molar-refractivity contribution in [3.05, 3.63) is 29.6 Å². The van der Waals surface area contributed by atoms with E-state index in [9.17, 15) is 9.18 Å². The molecule has 3 aromatic heterocycles. The minimum absolute atomic E-state index is 0.0681. The lowest BCUT2D eigenvalue weighted by atomic mass is 10.1. The molecule has 1 aliphatic rings. The quantitative estimate of drug-likeness (QED) is 0.606. The lowest BCUT2D eigenvalue weighted by Gasteiger charge is -2.31. The van der Waals surface area contributed by atoms with Gasteiger partial charge >= 0.3 is 0 Å². The van der Waals surface area contributed by atoms with Gasteiger partial charge in [-0.05, 0) is 42.8 Å². The van der Waals surface area contributed by atoms with Crippen LogP contribution in [-0.4, -0.2) is 55.1 Å². The van der Waals surface area contributed by atoms with Crippen molar-refractivity contribution in [2.75, 3.05) is 13.1 Å². The normalized spacial score (nSPS) is 16.7. The number of piperidine rings is 1. The van der Waals surface area contributed by atoms with E-state index in [1.807, 2.05) is 36.6 Å². The topological polar surface area (TPSA) is 63.4 Å². The van der Waals surface area contributed by atoms with Gasteiger partial charge in [-0.25, -0.2) is 4.39 Å². The molecule has 1 amide bonds. The second-order valence-electron chi connectivity index (χ2n) is 6.46. The zero-order valence-corrected chi connectivity index (χ0v) is 16.5. The molecule has 0 spiro atoms. The molecule has 0 N–H and O–H groups in total. The molecule has 1 saturated heterocycles. The third-order valence-corrected chi connectivity index (χ3v) is 6.77. The number of hydrogen-bond donors (Lipinski definition) is 0. The molecule has 1 unspecified atom stereocenters. The number of carbonyl (C=O) groups excluding carboxylic acids is 1. The average molecular weight is 406 g/mol. The largest absolute Gasteiger partial charge is 0.342 e. The molecule has 3 aromatic rings. The Labute approximate surface area is 164 Å². The molecular formula is C18H20FN5OS2. The van der Waals surface area contributed by atoms with Crippen LogP contribution < -0.4 is 0 Å². The summed E-state index contributed by atoms with van der Waals surface area (Å²) in [6.07, 6.45) is 0.776. The molecule has 0 radical (unpaired) electrons. The van der Waals surface area contributed by atoms with E-state index in [0.717, 1.165) is 9.90 Å². The predicted octanol–water partition coefficient (Wildman–Crippen LogP) is 3.68. The molecule has 9 heteroatoms. The van der Waals surface area contributed by atoms with Crippen molar-refractivity contribution in [3.8, 4) is 10.7 Å². The third kappa shape index (κ3) is 3.84. The zero-order valence-electron chi connectivity index (χ0n) is 14.9. The van der Waals surface area contributed by atoms with Crippen molar-refractivity contribution in [1.29, 1.82) is 0 Å². The van der Waals surface area contributed by atoms with Crippen LogP contribution in [0.25, 0.3) is 16.3 Å². The van der Waals surface area contributed by atoms with Crippen LogP contribution in [0.2, 0.25) is 0 Å². The number of halogens is 1. The van der Waals surface area contributed by atoms with Crippen molar-refractivity contribution >= 4 is 34.7 Å². The summed E-state index contributed by atoms with van der Waals surface area (Å²) in [6, 6.07) is 7.68. The highest BCUT2D eigenvalue weighted by atomic mass is 32.2. The van der Waals surface area contributed by atoms with E-state index < -0.39 is 6.17 Å². The number of nitrogens with zero attached hydrogens (tertiary/aromatic N) is 5. The van der Waals surface area contributed by atoms with Gasteiger partial charge in [0.15, 0.2) is 11.5 Å². The number of aromatic nitrogens is 4. The van der Waals surface area contributed by atoms with Crippen LogP contribution in [0, 0.1) is 0 Å². The number of hydrogen-bond acceptors (Lipinski definition) is 6. The highest BCUT2D eigenvalue weighted by molar-refractivity contribution is 8.00. The van der Waals surface area contributed by atoms with E-state index in [4.69, 9.17) is 0 Å². The van der Waals surface area contributed by atoms with Crippen LogP contribution in [-0.2, 0) is 4.79 Å². The molecular weight excluding hydrogens is 385 g/mol. The number of thiophene rings is 1. The molecule has 1 aliphatic heterocycles. The van der Waals surface area contributed by atoms with Crippen molar-refractivity contribution in [1.82, 2.24) is 24.7 Å². The molecule has 27 heavy (non-hydrogen) atoms. The van der Waals surface area contributed by atoms with Gasteiger partial charge < -0.3 is 4.90 Å². The number of carbonyl (C=O) groups is 1. The van der Waals surface area contributed by atoms with Gasteiger partial charge in [-0.3, -0.25) is 4.79 Å². The van der Waals surface area contributed by atoms with Crippen LogP contribution in [0.15, 0.2) is 34.7 Å². The first-order chi connectivity index (χ1) is 13.2. The molecule has 0 saturated carbocycles. The van der Waals surface area contributed by atoms with Crippen LogP contribution >= 0.6 is 23.1 Å².